The van der Waals surface area contributed by atoms with Crippen LogP contribution in [0.5, 0.6) is 0 Å². The molecule has 0 aliphatic carbocycles. The highest BCUT2D eigenvalue weighted by molar-refractivity contribution is 5.83. The Balaban J connectivity index is 2.36. The van der Waals surface area contributed by atoms with Crippen molar-refractivity contribution in [3.05, 3.63) is 65.0 Å². The van der Waals surface area contributed by atoms with Crippen molar-refractivity contribution >= 4 is 23.3 Å². The first-order chi connectivity index (χ1) is 10.4. The summed E-state index contributed by atoms with van der Waals surface area (Å²) in [4.78, 5) is 4.42. The molecular weight excluding hydrogens is 275 g/mol. The highest BCUT2D eigenvalue weighted by Crippen LogP contribution is 2.30. The van der Waals surface area contributed by atoms with Crippen LogP contribution in [0.25, 0.3) is 5.70 Å². The first-order valence-corrected chi connectivity index (χ1v) is 7.24. The van der Waals surface area contributed by atoms with Crippen LogP contribution < -0.4 is 5.32 Å². The third-order valence-electron chi connectivity index (χ3n) is 3.66. The zero-order valence-electron chi connectivity index (χ0n) is 13.5. The highest BCUT2D eigenvalue weighted by Gasteiger charge is 2.09. The number of rotatable bonds is 4. The smallest absolute Gasteiger partial charge is 0.126 e. The van der Waals surface area contributed by atoms with Crippen LogP contribution in [0.4, 0.5) is 15.8 Å². The maximum atomic E-state index is 13.4. The molecule has 0 bridgehead atoms. The summed E-state index contributed by atoms with van der Waals surface area (Å²) in [6.07, 6.45) is 1.77. The van der Waals surface area contributed by atoms with Crippen LogP contribution in [0.2, 0.25) is 0 Å². The third kappa shape index (κ3) is 3.42. The summed E-state index contributed by atoms with van der Waals surface area (Å²) in [6, 6.07) is 9.05. The van der Waals surface area contributed by atoms with Crippen molar-refractivity contribution in [1.29, 1.82) is 0 Å². The van der Waals surface area contributed by atoms with Crippen molar-refractivity contribution in [2.24, 2.45) is 4.99 Å². The Morgan fingerprint density at radius 2 is 1.77 bits per heavy atom. The molecule has 2 aromatic carbocycles. The second kappa shape index (κ2) is 6.56. The van der Waals surface area contributed by atoms with E-state index in [0.29, 0.717) is 5.56 Å². The Kier molecular flexibility index (Phi) is 4.76. The average molecular weight is 296 g/mol. The highest BCUT2D eigenvalue weighted by atomic mass is 19.1. The number of nitrogens with one attached hydrogen (secondary N) is 1. The van der Waals surface area contributed by atoms with Crippen molar-refractivity contribution in [3.8, 4) is 0 Å². The Bertz CT molecular complexity index is 745. The zero-order valence-corrected chi connectivity index (χ0v) is 13.5. The Hall–Kier alpha value is -2.42. The lowest BCUT2D eigenvalue weighted by Gasteiger charge is -2.15. The molecule has 0 aliphatic rings. The zero-order chi connectivity index (χ0) is 16.3. The van der Waals surface area contributed by atoms with Gasteiger partial charge in [0.1, 0.15) is 5.82 Å². The summed E-state index contributed by atoms with van der Waals surface area (Å²) < 4.78 is 13.4. The van der Waals surface area contributed by atoms with E-state index in [-0.39, 0.29) is 5.82 Å². The van der Waals surface area contributed by atoms with E-state index in [4.69, 9.17) is 0 Å². The number of halogens is 1. The molecule has 0 heterocycles. The molecule has 3 heteroatoms. The number of benzene rings is 2. The Labute approximate surface area is 131 Å². The molecule has 0 spiro atoms. The second-order valence-corrected chi connectivity index (χ2v) is 5.41. The molecule has 2 aromatic rings. The standard InChI is InChI=1S/C19H21FN2/c1-6-21-19-11-13(3)12(2)10-17(19)15(5)22-16-7-8-18(20)14(4)9-16/h6-11,22H,5H2,1-4H3/b21-6-. The maximum Gasteiger partial charge on any atom is 0.126 e. The molecule has 0 amide bonds. The lowest BCUT2D eigenvalue weighted by molar-refractivity contribution is 0.619. The predicted molar refractivity (Wildman–Crippen MR) is 93.5 cm³/mol. The lowest BCUT2D eigenvalue weighted by Crippen LogP contribution is -2.00. The van der Waals surface area contributed by atoms with E-state index >= 15 is 0 Å². The van der Waals surface area contributed by atoms with Gasteiger partial charge < -0.3 is 5.32 Å². The minimum absolute atomic E-state index is 0.210. The number of aryl methyl sites for hydroxylation is 3. The van der Waals surface area contributed by atoms with E-state index in [1.807, 2.05) is 13.0 Å². The van der Waals surface area contributed by atoms with Gasteiger partial charge in [-0.3, -0.25) is 4.99 Å². The molecule has 22 heavy (non-hydrogen) atoms. The number of hydrogen-bond acceptors (Lipinski definition) is 2. The first kappa shape index (κ1) is 16.0. The van der Waals surface area contributed by atoms with Crippen LogP contribution in [-0.2, 0) is 0 Å². The van der Waals surface area contributed by atoms with Gasteiger partial charge >= 0.3 is 0 Å². The molecule has 1 N–H and O–H groups in total. The van der Waals surface area contributed by atoms with Gasteiger partial charge in [-0.25, -0.2) is 4.39 Å². The molecular formula is C19H21FN2. The van der Waals surface area contributed by atoms with Crippen LogP contribution in [0.15, 0.2) is 41.9 Å². The SMILES string of the molecule is C=C(Nc1ccc(F)c(C)c1)c1cc(C)c(C)cc1/N=C\C. The van der Waals surface area contributed by atoms with E-state index in [2.05, 4.69) is 36.8 Å². The van der Waals surface area contributed by atoms with Gasteiger partial charge in [0.2, 0.25) is 0 Å². The van der Waals surface area contributed by atoms with Crippen LogP contribution in [0, 0.1) is 26.6 Å². The third-order valence-corrected chi connectivity index (χ3v) is 3.66. The van der Waals surface area contributed by atoms with Gasteiger partial charge in [-0.1, -0.05) is 6.58 Å². The van der Waals surface area contributed by atoms with Gasteiger partial charge in [-0.15, -0.1) is 0 Å². The summed E-state index contributed by atoms with van der Waals surface area (Å²) >= 11 is 0. The molecule has 0 atom stereocenters. The van der Waals surface area contributed by atoms with Gasteiger partial charge in [0.05, 0.1) is 5.69 Å². The van der Waals surface area contributed by atoms with Gasteiger partial charge in [-0.05, 0) is 74.7 Å². The molecule has 0 saturated heterocycles. The number of nitrogens with zero attached hydrogens (tertiary/aromatic N) is 1. The number of hydrogen-bond donors (Lipinski definition) is 1. The minimum atomic E-state index is -0.210. The van der Waals surface area contributed by atoms with E-state index < -0.39 is 0 Å². The fourth-order valence-electron chi connectivity index (χ4n) is 2.25. The molecule has 0 aliphatic heterocycles. The van der Waals surface area contributed by atoms with E-state index in [9.17, 15) is 4.39 Å². The van der Waals surface area contributed by atoms with E-state index in [0.717, 1.165) is 22.6 Å². The van der Waals surface area contributed by atoms with Crippen LogP contribution >= 0.6 is 0 Å². The van der Waals surface area contributed by atoms with Crippen molar-refractivity contribution in [2.45, 2.75) is 27.7 Å². The van der Waals surface area contributed by atoms with Gasteiger partial charge in [0.25, 0.3) is 0 Å². The molecule has 114 valence electrons. The Morgan fingerprint density at radius 1 is 1.09 bits per heavy atom. The van der Waals surface area contributed by atoms with Crippen LogP contribution in [-0.4, -0.2) is 6.21 Å². The topological polar surface area (TPSA) is 24.4 Å². The predicted octanol–water partition coefficient (Wildman–Crippen LogP) is 5.56. The fraction of sp³-hybridized carbons (Fsp3) is 0.211. The molecule has 0 aromatic heterocycles. The maximum absolute atomic E-state index is 13.4. The average Bonchev–Trinajstić information content (AvgIpc) is 2.46. The van der Waals surface area contributed by atoms with Crippen LogP contribution in [0.3, 0.4) is 0 Å². The largest absolute Gasteiger partial charge is 0.355 e. The molecule has 2 rings (SSSR count). The van der Waals surface area contributed by atoms with Crippen molar-refractivity contribution in [1.82, 2.24) is 0 Å². The van der Waals surface area contributed by atoms with Crippen molar-refractivity contribution in [3.63, 3.8) is 0 Å². The molecule has 0 unspecified atom stereocenters. The Morgan fingerprint density at radius 3 is 2.41 bits per heavy atom. The summed E-state index contributed by atoms with van der Waals surface area (Å²) in [5.74, 6) is -0.210. The fourth-order valence-corrected chi connectivity index (χ4v) is 2.25. The molecule has 0 radical (unpaired) electrons. The van der Waals surface area contributed by atoms with Gasteiger partial charge in [0, 0.05) is 23.2 Å². The lowest BCUT2D eigenvalue weighted by atomic mass is 10.0. The first-order valence-electron chi connectivity index (χ1n) is 7.24. The van der Waals surface area contributed by atoms with Gasteiger partial charge in [0.15, 0.2) is 0 Å². The monoisotopic (exact) mass is 296 g/mol. The summed E-state index contributed by atoms with van der Waals surface area (Å²) in [5.41, 5.74) is 6.36. The van der Waals surface area contributed by atoms with E-state index in [1.165, 1.54) is 17.2 Å². The minimum Gasteiger partial charge on any atom is -0.355 e. The second-order valence-electron chi connectivity index (χ2n) is 5.41. The van der Waals surface area contributed by atoms with Gasteiger partial charge in [-0.2, -0.15) is 0 Å². The van der Waals surface area contributed by atoms with E-state index in [1.54, 1.807) is 25.3 Å². The number of aliphatic imine (C=N–C) groups is 1. The van der Waals surface area contributed by atoms with Crippen molar-refractivity contribution < 1.29 is 4.39 Å². The molecule has 0 fully saturated rings. The van der Waals surface area contributed by atoms with Crippen LogP contribution in [0.1, 0.15) is 29.2 Å². The summed E-state index contributed by atoms with van der Waals surface area (Å²) in [5, 5.41) is 3.24. The number of anilines is 1. The quantitative estimate of drug-likeness (QED) is 0.734. The van der Waals surface area contributed by atoms with Crippen molar-refractivity contribution in [2.75, 3.05) is 5.32 Å². The summed E-state index contributed by atoms with van der Waals surface area (Å²) in [7, 11) is 0. The molecule has 2 nitrogen and oxygen atoms in total. The normalized spacial score (nSPS) is 11.0. The molecule has 0 saturated carbocycles. The summed E-state index contributed by atoms with van der Waals surface area (Å²) in [6.45, 7) is 11.9.